The Kier molecular flexibility index (Phi) is 4.09. The van der Waals surface area contributed by atoms with Crippen molar-refractivity contribution in [2.75, 3.05) is 5.73 Å². The van der Waals surface area contributed by atoms with Crippen molar-refractivity contribution in [1.29, 1.82) is 0 Å². The molecule has 2 aromatic carbocycles. The fourth-order valence-corrected chi connectivity index (χ4v) is 2.16. The summed E-state index contributed by atoms with van der Waals surface area (Å²) < 4.78 is 19.4. The fraction of sp³-hybridized carbons (Fsp3) is 0.0769. The summed E-state index contributed by atoms with van der Waals surface area (Å²) in [6.45, 7) is 0.301. The van der Waals surface area contributed by atoms with Gasteiger partial charge in [0.1, 0.15) is 18.2 Å². The topological polar surface area (TPSA) is 35.2 Å². The van der Waals surface area contributed by atoms with Crippen molar-refractivity contribution in [3.63, 3.8) is 0 Å². The van der Waals surface area contributed by atoms with Gasteiger partial charge in [0.05, 0.1) is 5.02 Å². The molecule has 2 nitrogen and oxygen atoms in total. The number of benzene rings is 2. The lowest BCUT2D eigenvalue weighted by Gasteiger charge is -2.08. The molecule has 0 aliphatic rings. The van der Waals surface area contributed by atoms with E-state index in [1.807, 2.05) is 6.07 Å². The highest BCUT2D eigenvalue weighted by atomic mass is 79.9. The SMILES string of the molecule is Nc1cc(Br)cc(OCc2ccc(F)c(Cl)c2)c1. The second kappa shape index (κ2) is 5.59. The highest BCUT2D eigenvalue weighted by Crippen LogP contribution is 2.24. The van der Waals surface area contributed by atoms with Crippen LogP contribution < -0.4 is 10.5 Å². The standard InChI is InChI=1S/C13H10BrClFNO/c14-9-4-10(17)6-11(5-9)18-7-8-1-2-13(16)12(15)3-8/h1-6H,7,17H2. The zero-order chi connectivity index (χ0) is 13.1. The summed E-state index contributed by atoms with van der Waals surface area (Å²) in [7, 11) is 0. The van der Waals surface area contributed by atoms with Gasteiger partial charge in [-0.3, -0.25) is 0 Å². The van der Waals surface area contributed by atoms with Crippen LogP contribution in [0.1, 0.15) is 5.56 Å². The molecule has 0 aliphatic carbocycles. The number of halogens is 3. The Morgan fingerprint density at radius 2 is 2.00 bits per heavy atom. The molecule has 2 aromatic rings. The second-order valence-electron chi connectivity index (χ2n) is 3.76. The van der Waals surface area contributed by atoms with Crippen molar-refractivity contribution in [3.8, 4) is 5.75 Å². The van der Waals surface area contributed by atoms with Gasteiger partial charge in [0.25, 0.3) is 0 Å². The Labute approximate surface area is 118 Å². The lowest BCUT2D eigenvalue weighted by atomic mass is 10.2. The van der Waals surface area contributed by atoms with Crippen molar-refractivity contribution in [2.45, 2.75) is 6.61 Å². The normalized spacial score (nSPS) is 10.4. The van der Waals surface area contributed by atoms with Gasteiger partial charge in [-0.1, -0.05) is 33.6 Å². The molecule has 0 radical (unpaired) electrons. The molecule has 0 aliphatic heterocycles. The molecule has 2 N–H and O–H groups in total. The third kappa shape index (κ3) is 3.37. The summed E-state index contributed by atoms with van der Waals surface area (Å²) in [6.07, 6.45) is 0. The second-order valence-corrected chi connectivity index (χ2v) is 5.08. The smallest absolute Gasteiger partial charge is 0.141 e. The molecule has 0 atom stereocenters. The van der Waals surface area contributed by atoms with Crippen LogP contribution in [0, 0.1) is 5.82 Å². The predicted molar refractivity (Wildman–Crippen MR) is 74.3 cm³/mol. The molecule has 0 aromatic heterocycles. The quantitative estimate of drug-likeness (QED) is 0.846. The van der Waals surface area contributed by atoms with E-state index in [1.165, 1.54) is 12.1 Å². The monoisotopic (exact) mass is 329 g/mol. The van der Waals surface area contributed by atoms with E-state index < -0.39 is 5.82 Å². The van der Waals surface area contributed by atoms with Gasteiger partial charge in [-0.2, -0.15) is 0 Å². The molecule has 0 amide bonds. The zero-order valence-electron chi connectivity index (χ0n) is 9.29. The molecule has 18 heavy (non-hydrogen) atoms. The summed E-state index contributed by atoms with van der Waals surface area (Å²) in [5.74, 6) is 0.203. The lowest BCUT2D eigenvalue weighted by Crippen LogP contribution is -1.97. The molecule has 5 heteroatoms. The molecular formula is C13H10BrClFNO. The minimum absolute atomic E-state index is 0.0878. The Morgan fingerprint density at radius 3 is 2.67 bits per heavy atom. The van der Waals surface area contributed by atoms with Crippen molar-refractivity contribution >= 4 is 33.2 Å². The average Bonchev–Trinajstić information content (AvgIpc) is 2.29. The molecule has 2 rings (SSSR count). The van der Waals surface area contributed by atoms with E-state index in [-0.39, 0.29) is 5.02 Å². The van der Waals surface area contributed by atoms with Crippen LogP contribution in [0.2, 0.25) is 5.02 Å². The minimum atomic E-state index is -0.438. The predicted octanol–water partition coefficient (Wildman–Crippen LogP) is 4.40. The summed E-state index contributed by atoms with van der Waals surface area (Å²) in [5.41, 5.74) is 7.09. The third-order valence-electron chi connectivity index (χ3n) is 2.28. The van der Waals surface area contributed by atoms with Gasteiger partial charge in [0, 0.05) is 16.2 Å². The number of hydrogen-bond acceptors (Lipinski definition) is 2. The Morgan fingerprint density at radius 1 is 1.22 bits per heavy atom. The largest absolute Gasteiger partial charge is 0.489 e. The molecule has 0 saturated carbocycles. The molecule has 94 valence electrons. The first-order valence-electron chi connectivity index (χ1n) is 5.17. The number of rotatable bonds is 3. The number of nitrogen functional groups attached to an aromatic ring is 1. The number of anilines is 1. The summed E-state index contributed by atoms with van der Waals surface area (Å²) in [4.78, 5) is 0. The maximum atomic E-state index is 13.0. The van der Waals surface area contributed by atoms with Crippen LogP contribution >= 0.6 is 27.5 Å². The van der Waals surface area contributed by atoms with E-state index in [0.29, 0.717) is 18.0 Å². The van der Waals surface area contributed by atoms with Crippen LogP contribution in [0.25, 0.3) is 0 Å². The van der Waals surface area contributed by atoms with Gasteiger partial charge in [-0.05, 0) is 29.8 Å². The van der Waals surface area contributed by atoms with Gasteiger partial charge in [-0.25, -0.2) is 4.39 Å². The van der Waals surface area contributed by atoms with Crippen molar-refractivity contribution < 1.29 is 9.13 Å². The Bertz CT molecular complexity index is 557. The average molecular weight is 331 g/mol. The lowest BCUT2D eigenvalue weighted by molar-refractivity contribution is 0.306. The highest BCUT2D eigenvalue weighted by Gasteiger charge is 2.03. The van der Waals surface area contributed by atoms with E-state index in [0.717, 1.165) is 10.0 Å². The van der Waals surface area contributed by atoms with Crippen LogP contribution in [0.15, 0.2) is 40.9 Å². The van der Waals surface area contributed by atoms with E-state index in [1.54, 1.807) is 18.2 Å². The van der Waals surface area contributed by atoms with E-state index in [9.17, 15) is 4.39 Å². The van der Waals surface area contributed by atoms with Gasteiger partial charge >= 0.3 is 0 Å². The molecule has 0 bridgehead atoms. The molecule has 0 heterocycles. The van der Waals surface area contributed by atoms with Crippen molar-refractivity contribution in [3.05, 3.63) is 57.3 Å². The maximum absolute atomic E-state index is 13.0. The van der Waals surface area contributed by atoms with Crippen LogP contribution in [0.3, 0.4) is 0 Å². The van der Waals surface area contributed by atoms with Crippen LogP contribution in [0.4, 0.5) is 10.1 Å². The number of nitrogens with two attached hydrogens (primary N) is 1. The maximum Gasteiger partial charge on any atom is 0.141 e. The van der Waals surface area contributed by atoms with Crippen LogP contribution in [0.5, 0.6) is 5.75 Å². The zero-order valence-corrected chi connectivity index (χ0v) is 11.6. The molecular weight excluding hydrogens is 321 g/mol. The third-order valence-corrected chi connectivity index (χ3v) is 3.03. The fourth-order valence-electron chi connectivity index (χ4n) is 1.46. The molecule has 0 fully saturated rings. The Hall–Kier alpha value is -1.26. The highest BCUT2D eigenvalue weighted by molar-refractivity contribution is 9.10. The Balaban J connectivity index is 2.08. The van der Waals surface area contributed by atoms with Gasteiger partial charge in [0.2, 0.25) is 0 Å². The number of hydrogen-bond donors (Lipinski definition) is 1. The van der Waals surface area contributed by atoms with Gasteiger partial charge in [0.15, 0.2) is 0 Å². The van der Waals surface area contributed by atoms with Crippen LogP contribution in [-0.2, 0) is 6.61 Å². The van der Waals surface area contributed by atoms with E-state index in [4.69, 9.17) is 22.1 Å². The number of ether oxygens (including phenoxy) is 1. The summed E-state index contributed by atoms with van der Waals surface area (Å²) in [6, 6.07) is 9.79. The first-order valence-corrected chi connectivity index (χ1v) is 6.34. The minimum Gasteiger partial charge on any atom is -0.489 e. The van der Waals surface area contributed by atoms with E-state index in [2.05, 4.69) is 15.9 Å². The first-order chi connectivity index (χ1) is 8.54. The first kappa shape index (κ1) is 13.2. The summed E-state index contributed by atoms with van der Waals surface area (Å²) >= 11 is 9.02. The summed E-state index contributed by atoms with van der Waals surface area (Å²) in [5, 5.41) is 0.0878. The van der Waals surface area contributed by atoms with Crippen molar-refractivity contribution in [2.24, 2.45) is 0 Å². The van der Waals surface area contributed by atoms with Crippen molar-refractivity contribution in [1.82, 2.24) is 0 Å². The van der Waals surface area contributed by atoms with Crippen LogP contribution in [-0.4, -0.2) is 0 Å². The molecule has 0 spiro atoms. The molecule has 0 saturated heterocycles. The van der Waals surface area contributed by atoms with E-state index >= 15 is 0 Å². The van der Waals surface area contributed by atoms with Gasteiger partial charge < -0.3 is 10.5 Å². The van der Waals surface area contributed by atoms with Gasteiger partial charge in [-0.15, -0.1) is 0 Å². The molecule has 0 unspecified atom stereocenters.